The Balaban J connectivity index is 2.04. The Hall–Kier alpha value is -1.45. The van der Waals surface area contributed by atoms with Crippen LogP contribution in [-0.2, 0) is 12.8 Å². The number of benzene rings is 2. The molecule has 4 heteroatoms. The van der Waals surface area contributed by atoms with E-state index in [0.717, 1.165) is 23.6 Å². The largest absolute Gasteiger partial charge is 0.330 e. The number of rotatable bonds is 5. The molecular formula is C16H16ClF2N. The minimum atomic E-state index is -0.823. The molecule has 2 aromatic carbocycles. The molecule has 0 saturated heterocycles. The molecule has 2 aromatic rings. The Kier molecular flexibility index (Phi) is 5.10. The molecule has 2 N–H and O–H groups in total. The van der Waals surface area contributed by atoms with Gasteiger partial charge in [0.1, 0.15) is 0 Å². The standard InChI is InChI=1S/C16H16ClF2N/c17-14-4-1-11(2-5-14)7-13(10-20)8-12-3-6-15(18)16(19)9-12/h1-6,9,13H,7-8,10,20H2. The van der Waals surface area contributed by atoms with E-state index in [1.165, 1.54) is 6.07 Å². The molecule has 20 heavy (non-hydrogen) atoms. The van der Waals surface area contributed by atoms with Gasteiger partial charge < -0.3 is 5.73 Å². The molecule has 1 nitrogen and oxygen atoms in total. The second kappa shape index (κ2) is 6.82. The van der Waals surface area contributed by atoms with Gasteiger partial charge in [0.15, 0.2) is 11.6 Å². The Morgan fingerprint density at radius 2 is 1.50 bits per heavy atom. The molecule has 0 aromatic heterocycles. The zero-order valence-electron chi connectivity index (χ0n) is 11.0. The molecule has 1 atom stereocenters. The predicted molar refractivity (Wildman–Crippen MR) is 77.8 cm³/mol. The van der Waals surface area contributed by atoms with E-state index in [9.17, 15) is 8.78 Å². The lowest BCUT2D eigenvalue weighted by molar-refractivity contribution is 0.499. The summed E-state index contributed by atoms with van der Waals surface area (Å²) in [6.07, 6.45) is 1.41. The Morgan fingerprint density at radius 1 is 0.900 bits per heavy atom. The Bertz CT molecular complexity index is 569. The van der Waals surface area contributed by atoms with Crippen molar-refractivity contribution in [3.63, 3.8) is 0 Å². The van der Waals surface area contributed by atoms with Crippen LogP contribution in [0.25, 0.3) is 0 Å². The fourth-order valence-corrected chi connectivity index (χ4v) is 2.32. The Morgan fingerprint density at radius 3 is 2.10 bits per heavy atom. The summed E-state index contributed by atoms with van der Waals surface area (Å²) < 4.78 is 26.1. The van der Waals surface area contributed by atoms with Crippen molar-refractivity contribution in [1.29, 1.82) is 0 Å². The molecule has 0 heterocycles. The van der Waals surface area contributed by atoms with Crippen LogP contribution in [0.4, 0.5) is 8.78 Å². The van der Waals surface area contributed by atoms with Crippen LogP contribution in [0.3, 0.4) is 0 Å². The van der Waals surface area contributed by atoms with Gasteiger partial charge in [-0.25, -0.2) is 8.78 Å². The van der Waals surface area contributed by atoms with Crippen LogP contribution >= 0.6 is 11.6 Å². The maximum absolute atomic E-state index is 13.2. The molecule has 0 fully saturated rings. The first kappa shape index (κ1) is 14.9. The molecule has 0 bridgehead atoms. The van der Waals surface area contributed by atoms with Gasteiger partial charge in [0.2, 0.25) is 0 Å². The van der Waals surface area contributed by atoms with E-state index in [1.807, 2.05) is 24.3 Å². The van der Waals surface area contributed by atoms with Crippen molar-refractivity contribution in [3.05, 3.63) is 70.2 Å². The molecule has 0 radical (unpaired) electrons. The van der Waals surface area contributed by atoms with E-state index < -0.39 is 11.6 Å². The van der Waals surface area contributed by atoms with E-state index in [0.29, 0.717) is 18.0 Å². The maximum Gasteiger partial charge on any atom is 0.159 e. The summed E-state index contributed by atoms with van der Waals surface area (Å²) in [7, 11) is 0. The van der Waals surface area contributed by atoms with Gasteiger partial charge in [-0.2, -0.15) is 0 Å². The molecule has 106 valence electrons. The van der Waals surface area contributed by atoms with Crippen LogP contribution in [0.1, 0.15) is 11.1 Å². The molecule has 0 amide bonds. The zero-order valence-corrected chi connectivity index (χ0v) is 11.7. The lowest BCUT2D eigenvalue weighted by Gasteiger charge is -2.15. The van der Waals surface area contributed by atoms with Gasteiger partial charge in [0, 0.05) is 5.02 Å². The molecular weight excluding hydrogens is 280 g/mol. The van der Waals surface area contributed by atoms with Crippen LogP contribution < -0.4 is 5.73 Å². The first-order chi connectivity index (χ1) is 9.58. The summed E-state index contributed by atoms with van der Waals surface area (Å²) >= 11 is 5.84. The summed E-state index contributed by atoms with van der Waals surface area (Å²) in [5.41, 5.74) is 7.66. The monoisotopic (exact) mass is 295 g/mol. The maximum atomic E-state index is 13.2. The molecule has 1 unspecified atom stereocenters. The van der Waals surface area contributed by atoms with E-state index in [2.05, 4.69) is 0 Å². The third kappa shape index (κ3) is 4.02. The SMILES string of the molecule is NCC(Cc1ccc(Cl)cc1)Cc1ccc(F)c(F)c1. The second-order valence-corrected chi connectivity index (χ2v) is 5.32. The molecule has 0 aliphatic rings. The van der Waals surface area contributed by atoms with Crippen LogP contribution in [0.15, 0.2) is 42.5 Å². The number of nitrogens with two attached hydrogens (primary N) is 1. The number of hydrogen-bond donors (Lipinski definition) is 1. The molecule has 0 saturated carbocycles. The fourth-order valence-electron chi connectivity index (χ4n) is 2.19. The summed E-state index contributed by atoms with van der Waals surface area (Å²) in [6, 6.07) is 11.6. The van der Waals surface area contributed by atoms with Crippen LogP contribution in [-0.4, -0.2) is 6.54 Å². The van der Waals surface area contributed by atoms with Crippen LogP contribution in [0.5, 0.6) is 0 Å². The average molecular weight is 296 g/mol. The van der Waals surface area contributed by atoms with E-state index in [4.69, 9.17) is 17.3 Å². The van der Waals surface area contributed by atoms with Crippen molar-refractivity contribution in [2.45, 2.75) is 12.8 Å². The van der Waals surface area contributed by atoms with Crippen LogP contribution in [0.2, 0.25) is 5.02 Å². The lowest BCUT2D eigenvalue weighted by Crippen LogP contribution is -2.19. The first-order valence-electron chi connectivity index (χ1n) is 6.47. The number of hydrogen-bond acceptors (Lipinski definition) is 1. The zero-order chi connectivity index (χ0) is 14.5. The second-order valence-electron chi connectivity index (χ2n) is 4.88. The minimum Gasteiger partial charge on any atom is -0.330 e. The van der Waals surface area contributed by atoms with Crippen LogP contribution in [0, 0.1) is 17.6 Å². The van der Waals surface area contributed by atoms with Gasteiger partial charge in [-0.1, -0.05) is 29.8 Å². The van der Waals surface area contributed by atoms with Gasteiger partial charge >= 0.3 is 0 Å². The molecule has 0 spiro atoms. The summed E-state index contributed by atoms with van der Waals surface area (Å²) in [5.74, 6) is -1.46. The third-order valence-corrected chi connectivity index (χ3v) is 3.53. The van der Waals surface area contributed by atoms with Crippen molar-refractivity contribution in [3.8, 4) is 0 Å². The summed E-state index contributed by atoms with van der Waals surface area (Å²) in [5, 5.41) is 0.693. The van der Waals surface area contributed by atoms with Crippen molar-refractivity contribution >= 4 is 11.6 Å². The highest BCUT2D eigenvalue weighted by atomic mass is 35.5. The van der Waals surface area contributed by atoms with E-state index in [-0.39, 0.29) is 5.92 Å². The highest BCUT2D eigenvalue weighted by molar-refractivity contribution is 6.30. The smallest absolute Gasteiger partial charge is 0.159 e. The molecule has 0 aliphatic heterocycles. The van der Waals surface area contributed by atoms with Crippen molar-refractivity contribution < 1.29 is 8.78 Å². The average Bonchev–Trinajstić information content (AvgIpc) is 2.44. The van der Waals surface area contributed by atoms with Gasteiger partial charge in [-0.05, 0) is 60.7 Å². The minimum absolute atomic E-state index is 0.182. The highest BCUT2D eigenvalue weighted by Gasteiger charge is 2.11. The van der Waals surface area contributed by atoms with E-state index >= 15 is 0 Å². The Labute approximate surface area is 122 Å². The predicted octanol–water partition coefficient (Wildman–Crippen LogP) is 3.98. The fraction of sp³-hybridized carbons (Fsp3) is 0.250. The molecule has 2 rings (SSSR count). The van der Waals surface area contributed by atoms with Gasteiger partial charge in [-0.15, -0.1) is 0 Å². The van der Waals surface area contributed by atoms with Gasteiger partial charge in [-0.3, -0.25) is 0 Å². The van der Waals surface area contributed by atoms with Crippen molar-refractivity contribution in [2.75, 3.05) is 6.54 Å². The lowest BCUT2D eigenvalue weighted by atomic mass is 9.92. The normalized spacial score (nSPS) is 12.4. The summed E-state index contributed by atoms with van der Waals surface area (Å²) in [4.78, 5) is 0. The third-order valence-electron chi connectivity index (χ3n) is 3.28. The number of halogens is 3. The summed E-state index contributed by atoms with van der Waals surface area (Å²) in [6.45, 7) is 0.488. The van der Waals surface area contributed by atoms with Gasteiger partial charge in [0.05, 0.1) is 0 Å². The quantitative estimate of drug-likeness (QED) is 0.887. The topological polar surface area (TPSA) is 26.0 Å². The van der Waals surface area contributed by atoms with Crippen molar-refractivity contribution in [2.24, 2.45) is 11.7 Å². The first-order valence-corrected chi connectivity index (χ1v) is 6.84. The van der Waals surface area contributed by atoms with E-state index in [1.54, 1.807) is 6.07 Å². The highest BCUT2D eigenvalue weighted by Crippen LogP contribution is 2.17. The molecule has 0 aliphatic carbocycles. The van der Waals surface area contributed by atoms with Gasteiger partial charge in [0.25, 0.3) is 0 Å². The van der Waals surface area contributed by atoms with Crippen molar-refractivity contribution in [1.82, 2.24) is 0 Å².